The van der Waals surface area contributed by atoms with Crippen molar-refractivity contribution in [2.45, 2.75) is 6.42 Å². The number of carbonyl (C=O) groups is 1. The Labute approximate surface area is 143 Å². The van der Waals surface area contributed by atoms with Crippen molar-refractivity contribution in [1.29, 1.82) is 0 Å². The molecule has 0 spiro atoms. The highest BCUT2D eigenvalue weighted by Gasteiger charge is 2.24. The Kier molecular flexibility index (Phi) is 3.35. The van der Waals surface area contributed by atoms with E-state index in [1.54, 1.807) is 42.4 Å². The molecule has 0 atom stereocenters. The number of rotatable bonds is 3. The number of hydrogen-bond donors (Lipinski definition) is 1. The van der Waals surface area contributed by atoms with E-state index in [0.717, 1.165) is 11.3 Å². The van der Waals surface area contributed by atoms with Crippen LogP contribution in [-0.4, -0.2) is 22.9 Å². The van der Waals surface area contributed by atoms with Gasteiger partial charge in [0.05, 0.1) is 22.2 Å². The van der Waals surface area contributed by atoms with Crippen LogP contribution in [0.15, 0.2) is 48.7 Å². The standard InChI is InChI=1S/C18H14N4O3/c1-21-16-7-4-12(9-11(16)10-17(21)23)20-15-6-5-14-13(3-2-8-19-14)18(15)22(24)25/h2-9,20H,10H2,1H3. The van der Waals surface area contributed by atoms with Crippen molar-refractivity contribution in [1.82, 2.24) is 4.98 Å². The third-order valence-corrected chi connectivity index (χ3v) is 4.37. The van der Waals surface area contributed by atoms with Crippen molar-refractivity contribution in [2.24, 2.45) is 0 Å². The summed E-state index contributed by atoms with van der Waals surface area (Å²) in [7, 11) is 1.74. The number of aromatic nitrogens is 1. The van der Waals surface area contributed by atoms with Crippen molar-refractivity contribution in [3.8, 4) is 0 Å². The first-order valence-electron chi connectivity index (χ1n) is 7.73. The lowest BCUT2D eigenvalue weighted by Crippen LogP contribution is -2.20. The minimum absolute atomic E-state index is 0.0145. The van der Waals surface area contributed by atoms with Gasteiger partial charge in [0.2, 0.25) is 5.91 Å². The van der Waals surface area contributed by atoms with Crippen molar-refractivity contribution < 1.29 is 9.72 Å². The number of nitro benzene ring substituents is 1. The minimum Gasteiger partial charge on any atom is -0.350 e. The van der Waals surface area contributed by atoms with Gasteiger partial charge in [0.25, 0.3) is 0 Å². The fraction of sp³-hybridized carbons (Fsp3) is 0.111. The monoisotopic (exact) mass is 334 g/mol. The number of carbonyl (C=O) groups excluding carboxylic acids is 1. The maximum Gasteiger partial charge on any atom is 0.301 e. The maximum absolute atomic E-state index is 11.8. The third-order valence-electron chi connectivity index (χ3n) is 4.37. The molecule has 0 unspecified atom stereocenters. The van der Waals surface area contributed by atoms with E-state index in [0.29, 0.717) is 28.7 Å². The highest BCUT2D eigenvalue weighted by molar-refractivity contribution is 6.01. The summed E-state index contributed by atoms with van der Waals surface area (Å²) in [5, 5.41) is 15.2. The van der Waals surface area contributed by atoms with Crippen LogP contribution in [0, 0.1) is 10.1 Å². The highest BCUT2D eigenvalue weighted by atomic mass is 16.6. The zero-order valence-corrected chi connectivity index (χ0v) is 13.4. The zero-order valence-electron chi connectivity index (χ0n) is 13.4. The van der Waals surface area contributed by atoms with E-state index in [1.165, 1.54) is 0 Å². The Balaban J connectivity index is 1.77. The van der Waals surface area contributed by atoms with Gasteiger partial charge in [0.15, 0.2) is 0 Å². The summed E-state index contributed by atoms with van der Waals surface area (Å²) in [6.45, 7) is 0. The quantitative estimate of drug-likeness (QED) is 0.586. The molecule has 3 aromatic rings. The number of nitrogens with one attached hydrogen (secondary N) is 1. The first kappa shape index (κ1) is 15.1. The van der Waals surface area contributed by atoms with Gasteiger partial charge in [-0.05, 0) is 48.0 Å². The molecule has 1 aromatic heterocycles. The molecule has 1 aliphatic heterocycles. The summed E-state index contributed by atoms with van der Waals surface area (Å²) >= 11 is 0. The first-order valence-corrected chi connectivity index (χ1v) is 7.73. The minimum atomic E-state index is -0.406. The Hall–Kier alpha value is -3.48. The van der Waals surface area contributed by atoms with Gasteiger partial charge in [-0.1, -0.05) is 0 Å². The first-order chi connectivity index (χ1) is 12.0. The van der Waals surface area contributed by atoms with E-state index in [1.807, 2.05) is 18.2 Å². The predicted octanol–water partition coefficient (Wildman–Crippen LogP) is 3.41. The van der Waals surface area contributed by atoms with E-state index in [9.17, 15) is 14.9 Å². The third kappa shape index (κ3) is 2.46. The molecule has 0 aliphatic carbocycles. The number of nitro groups is 1. The van der Waals surface area contributed by atoms with Crippen LogP contribution in [0.3, 0.4) is 0 Å². The van der Waals surface area contributed by atoms with Crippen LogP contribution in [-0.2, 0) is 11.2 Å². The van der Waals surface area contributed by atoms with E-state index >= 15 is 0 Å². The SMILES string of the molecule is CN1C(=O)Cc2cc(Nc3ccc4ncccc4c3[N+](=O)[O-])ccc21. The number of likely N-dealkylation sites (N-methyl/N-ethyl adjacent to an activating group) is 1. The summed E-state index contributed by atoms with van der Waals surface area (Å²) in [6.07, 6.45) is 1.94. The lowest BCUT2D eigenvalue weighted by molar-refractivity contribution is -0.382. The Morgan fingerprint density at radius 2 is 2.08 bits per heavy atom. The fourth-order valence-electron chi connectivity index (χ4n) is 3.14. The van der Waals surface area contributed by atoms with Crippen molar-refractivity contribution in [2.75, 3.05) is 17.3 Å². The van der Waals surface area contributed by atoms with Crippen molar-refractivity contribution >= 4 is 39.6 Å². The topological polar surface area (TPSA) is 88.4 Å². The number of pyridine rings is 1. The second-order valence-corrected chi connectivity index (χ2v) is 5.89. The second-order valence-electron chi connectivity index (χ2n) is 5.89. The smallest absolute Gasteiger partial charge is 0.301 e. The van der Waals surface area contributed by atoms with Gasteiger partial charge in [0.1, 0.15) is 5.69 Å². The van der Waals surface area contributed by atoms with Crippen molar-refractivity contribution in [3.63, 3.8) is 0 Å². The molecule has 2 aromatic carbocycles. The summed E-state index contributed by atoms with van der Waals surface area (Å²) in [4.78, 5) is 28.8. The average Bonchev–Trinajstić information content (AvgIpc) is 2.88. The summed E-state index contributed by atoms with van der Waals surface area (Å²) < 4.78 is 0. The van der Waals surface area contributed by atoms with Crippen LogP contribution in [0.1, 0.15) is 5.56 Å². The largest absolute Gasteiger partial charge is 0.350 e. The Morgan fingerprint density at radius 3 is 2.88 bits per heavy atom. The average molecular weight is 334 g/mol. The molecule has 0 fully saturated rings. The van der Waals surface area contributed by atoms with Crippen LogP contribution in [0.2, 0.25) is 0 Å². The summed E-state index contributed by atoms with van der Waals surface area (Å²) in [5.41, 5.74) is 3.42. The van der Waals surface area contributed by atoms with Crippen LogP contribution in [0.4, 0.5) is 22.7 Å². The molecule has 4 rings (SSSR count). The number of nitrogens with zero attached hydrogens (tertiary/aromatic N) is 3. The number of benzene rings is 2. The van der Waals surface area contributed by atoms with E-state index in [-0.39, 0.29) is 11.6 Å². The van der Waals surface area contributed by atoms with Gasteiger partial charge in [-0.3, -0.25) is 19.9 Å². The normalized spacial score (nSPS) is 13.2. The van der Waals surface area contributed by atoms with Gasteiger partial charge in [0, 0.05) is 24.6 Å². The van der Waals surface area contributed by atoms with Crippen LogP contribution >= 0.6 is 0 Å². The molecule has 0 radical (unpaired) electrons. The van der Waals surface area contributed by atoms with Gasteiger partial charge in [-0.15, -0.1) is 0 Å². The number of anilines is 3. The van der Waals surface area contributed by atoms with Gasteiger partial charge in [-0.25, -0.2) is 0 Å². The Morgan fingerprint density at radius 1 is 1.24 bits per heavy atom. The van der Waals surface area contributed by atoms with E-state index in [4.69, 9.17) is 0 Å². The molecular weight excluding hydrogens is 320 g/mol. The molecule has 1 amide bonds. The second kappa shape index (κ2) is 5.55. The maximum atomic E-state index is 11.8. The van der Waals surface area contributed by atoms with Gasteiger partial charge < -0.3 is 10.2 Å². The van der Waals surface area contributed by atoms with Crippen LogP contribution in [0.25, 0.3) is 10.9 Å². The van der Waals surface area contributed by atoms with Crippen LogP contribution in [0.5, 0.6) is 0 Å². The molecule has 0 bridgehead atoms. The molecular formula is C18H14N4O3. The lowest BCUT2D eigenvalue weighted by Gasteiger charge is -2.12. The molecule has 7 nitrogen and oxygen atoms in total. The predicted molar refractivity (Wildman–Crippen MR) is 95.2 cm³/mol. The van der Waals surface area contributed by atoms with Gasteiger partial charge >= 0.3 is 5.69 Å². The van der Waals surface area contributed by atoms with Crippen molar-refractivity contribution in [3.05, 3.63) is 64.3 Å². The molecule has 0 saturated heterocycles. The fourth-order valence-corrected chi connectivity index (χ4v) is 3.14. The number of hydrogen-bond acceptors (Lipinski definition) is 5. The molecule has 0 saturated carbocycles. The van der Waals surface area contributed by atoms with Gasteiger partial charge in [-0.2, -0.15) is 0 Å². The molecule has 1 aliphatic rings. The Bertz CT molecular complexity index is 1030. The molecule has 25 heavy (non-hydrogen) atoms. The molecule has 1 N–H and O–H groups in total. The number of amides is 1. The van der Waals surface area contributed by atoms with Crippen LogP contribution < -0.4 is 10.2 Å². The molecule has 7 heteroatoms. The lowest BCUT2D eigenvalue weighted by atomic mass is 10.1. The van der Waals surface area contributed by atoms with E-state index < -0.39 is 4.92 Å². The molecule has 2 heterocycles. The zero-order chi connectivity index (χ0) is 17.6. The highest BCUT2D eigenvalue weighted by Crippen LogP contribution is 2.36. The molecule has 124 valence electrons. The summed E-state index contributed by atoms with van der Waals surface area (Å²) in [6, 6.07) is 12.3. The number of fused-ring (bicyclic) bond motifs is 2. The van der Waals surface area contributed by atoms with E-state index in [2.05, 4.69) is 10.3 Å². The summed E-state index contributed by atoms with van der Waals surface area (Å²) in [5.74, 6) is 0.0370.